The Balaban J connectivity index is 1.56. The highest BCUT2D eigenvalue weighted by Crippen LogP contribution is 2.42. The lowest BCUT2D eigenvalue weighted by molar-refractivity contribution is -0.114. The van der Waals surface area contributed by atoms with Crippen LogP contribution in [0, 0.1) is 0 Å². The predicted molar refractivity (Wildman–Crippen MR) is 130 cm³/mol. The van der Waals surface area contributed by atoms with Crippen LogP contribution in [0.5, 0.6) is 0 Å². The lowest BCUT2D eigenvalue weighted by Gasteiger charge is -2.43. The second-order valence-electron chi connectivity index (χ2n) is 8.20. The van der Waals surface area contributed by atoms with Gasteiger partial charge in [-0.2, -0.15) is 0 Å². The molecule has 0 saturated heterocycles. The molecule has 1 aliphatic rings. The van der Waals surface area contributed by atoms with E-state index in [1.54, 1.807) is 46.4 Å². The van der Waals surface area contributed by atoms with Crippen LogP contribution < -0.4 is 9.80 Å². The van der Waals surface area contributed by atoms with E-state index in [0.29, 0.717) is 12.2 Å². The maximum atomic E-state index is 13.6. The summed E-state index contributed by atoms with van der Waals surface area (Å²) in [5.74, 6) is 0.533. The van der Waals surface area contributed by atoms with Crippen molar-refractivity contribution in [1.29, 1.82) is 0 Å². The monoisotopic (exact) mass is 452 g/mol. The molecule has 6 heteroatoms. The number of carbonyl (C=O) groups excluding carboxylic acids is 2. The van der Waals surface area contributed by atoms with Crippen LogP contribution in [0.4, 0.5) is 11.4 Å². The van der Waals surface area contributed by atoms with Crippen molar-refractivity contribution < 1.29 is 18.4 Å². The van der Waals surface area contributed by atoms with Crippen molar-refractivity contribution in [2.24, 2.45) is 0 Å². The van der Waals surface area contributed by atoms with E-state index in [-0.39, 0.29) is 29.7 Å². The molecule has 0 bridgehead atoms. The van der Waals surface area contributed by atoms with Gasteiger partial charge in [0.2, 0.25) is 0 Å². The third-order valence-corrected chi connectivity index (χ3v) is 6.03. The summed E-state index contributed by atoms with van der Waals surface area (Å²) in [7, 11) is 0. The van der Waals surface area contributed by atoms with Crippen molar-refractivity contribution in [2.45, 2.75) is 25.4 Å². The third kappa shape index (κ3) is 4.06. The average Bonchev–Trinajstić information content (AvgIpc) is 3.58. The van der Waals surface area contributed by atoms with Crippen LogP contribution in [0.15, 0.2) is 106 Å². The second kappa shape index (κ2) is 9.27. The minimum atomic E-state index is -0.261. The van der Waals surface area contributed by atoms with Crippen molar-refractivity contribution in [3.05, 3.63) is 115 Å². The molecule has 0 spiro atoms. The van der Waals surface area contributed by atoms with Crippen LogP contribution in [0.1, 0.15) is 41.3 Å². The minimum Gasteiger partial charge on any atom is -0.465 e. The molecule has 0 fully saturated rings. The van der Waals surface area contributed by atoms with Crippen molar-refractivity contribution in [2.75, 3.05) is 9.80 Å². The lowest BCUT2D eigenvalue weighted by Crippen LogP contribution is -2.47. The van der Waals surface area contributed by atoms with Gasteiger partial charge in [0.1, 0.15) is 5.76 Å². The van der Waals surface area contributed by atoms with Gasteiger partial charge in [-0.15, -0.1) is 0 Å². The first-order chi connectivity index (χ1) is 16.6. The Morgan fingerprint density at radius 1 is 0.912 bits per heavy atom. The van der Waals surface area contributed by atoms with Gasteiger partial charge in [-0.25, -0.2) is 0 Å². The molecule has 2 amide bonds. The van der Waals surface area contributed by atoms with Crippen LogP contribution >= 0.6 is 0 Å². The van der Waals surface area contributed by atoms with E-state index in [9.17, 15) is 9.59 Å². The van der Waals surface area contributed by atoms with Gasteiger partial charge in [0.15, 0.2) is 5.76 Å². The number of para-hydroxylation sites is 2. The summed E-state index contributed by atoms with van der Waals surface area (Å²) in [6, 6.07) is 23.9. The summed E-state index contributed by atoms with van der Waals surface area (Å²) in [6.07, 6.45) is 6.84. The Labute approximate surface area is 197 Å². The molecule has 0 N–H and O–H groups in total. The summed E-state index contributed by atoms with van der Waals surface area (Å²) in [4.78, 5) is 30.4. The number of hydrogen-bond acceptors (Lipinski definition) is 4. The molecule has 34 heavy (non-hydrogen) atoms. The number of furan rings is 2. The van der Waals surface area contributed by atoms with Gasteiger partial charge < -0.3 is 18.6 Å². The van der Waals surface area contributed by atoms with E-state index in [4.69, 9.17) is 8.83 Å². The second-order valence-corrected chi connectivity index (χ2v) is 8.20. The van der Waals surface area contributed by atoms with E-state index in [0.717, 1.165) is 16.9 Å². The van der Waals surface area contributed by atoms with Crippen molar-refractivity contribution in [3.63, 3.8) is 0 Å². The molecule has 2 aromatic heterocycles. The lowest BCUT2D eigenvalue weighted by atomic mass is 9.89. The van der Waals surface area contributed by atoms with Crippen LogP contribution in [0.2, 0.25) is 0 Å². The van der Waals surface area contributed by atoms with Gasteiger partial charge in [-0.3, -0.25) is 9.59 Å². The summed E-state index contributed by atoms with van der Waals surface area (Å²) in [5.41, 5.74) is 2.47. The molecule has 6 nitrogen and oxygen atoms in total. The van der Waals surface area contributed by atoms with E-state index < -0.39 is 0 Å². The molecule has 2 aromatic carbocycles. The molecule has 2 atom stereocenters. The zero-order valence-corrected chi connectivity index (χ0v) is 18.7. The zero-order valence-electron chi connectivity index (χ0n) is 18.7. The normalized spacial score (nSPS) is 17.5. The Morgan fingerprint density at radius 2 is 1.65 bits per heavy atom. The largest absolute Gasteiger partial charge is 0.465 e. The standard InChI is InChI=1S/C28H24N2O4/c1-20-19-25(23-12-5-6-13-24(23)29(20)28(32)26-14-8-18-34-26)30(21-9-3-2-4-10-21)27(31)16-15-22-11-7-17-33-22/h2-18,20,25H,19H2,1H3/b16-15+. The fraction of sp³-hybridized carbons (Fsp3) is 0.143. The number of carbonyl (C=O) groups is 2. The molecule has 0 aliphatic carbocycles. The van der Waals surface area contributed by atoms with Gasteiger partial charge in [-0.1, -0.05) is 36.4 Å². The minimum absolute atomic E-state index is 0.162. The van der Waals surface area contributed by atoms with Gasteiger partial charge in [0.05, 0.1) is 18.6 Å². The highest BCUT2D eigenvalue weighted by atomic mass is 16.3. The molecule has 4 aromatic rings. The third-order valence-electron chi connectivity index (χ3n) is 6.03. The molecule has 1 aliphatic heterocycles. The summed E-state index contributed by atoms with van der Waals surface area (Å²) in [6.45, 7) is 2.00. The fourth-order valence-corrected chi connectivity index (χ4v) is 4.52. The van der Waals surface area contributed by atoms with Gasteiger partial charge in [0, 0.05) is 23.5 Å². The zero-order chi connectivity index (χ0) is 23.5. The van der Waals surface area contributed by atoms with Crippen LogP contribution in [0.25, 0.3) is 6.08 Å². The molecule has 170 valence electrons. The Bertz CT molecular complexity index is 1290. The number of benzene rings is 2. The summed E-state index contributed by atoms with van der Waals surface area (Å²) < 4.78 is 10.7. The number of hydrogen-bond donors (Lipinski definition) is 0. The Hall–Kier alpha value is -4.32. The molecule has 0 radical (unpaired) electrons. The first-order valence-corrected chi connectivity index (χ1v) is 11.2. The maximum Gasteiger partial charge on any atom is 0.294 e. The molecular formula is C28H24N2O4. The van der Waals surface area contributed by atoms with Crippen LogP contribution in [0.3, 0.4) is 0 Å². The van der Waals surface area contributed by atoms with Gasteiger partial charge >= 0.3 is 0 Å². The van der Waals surface area contributed by atoms with E-state index in [2.05, 4.69) is 0 Å². The van der Waals surface area contributed by atoms with Gasteiger partial charge in [0.25, 0.3) is 11.8 Å². The number of fused-ring (bicyclic) bond motifs is 1. The summed E-state index contributed by atoms with van der Waals surface area (Å²) >= 11 is 0. The SMILES string of the molecule is CC1CC(N(C(=O)/C=C/c2ccco2)c2ccccc2)c2ccccc2N1C(=O)c1ccco1. The number of nitrogens with zero attached hydrogens (tertiary/aromatic N) is 2. The molecular weight excluding hydrogens is 428 g/mol. The van der Waals surface area contributed by atoms with Crippen molar-refractivity contribution in [1.82, 2.24) is 0 Å². The molecule has 2 unspecified atom stereocenters. The van der Waals surface area contributed by atoms with Crippen molar-refractivity contribution in [3.8, 4) is 0 Å². The highest BCUT2D eigenvalue weighted by molar-refractivity contribution is 6.07. The Morgan fingerprint density at radius 3 is 2.38 bits per heavy atom. The number of amides is 2. The van der Waals surface area contributed by atoms with Crippen LogP contribution in [-0.2, 0) is 4.79 Å². The molecule has 5 rings (SSSR count). The predicted octanol–water partition coefficient (Wildman–Crippen LogP) is 6.10. The molecule has 0 saturated carbocycles. The maximum absolute atomic E-state index is 13.6. The smallest absolute Gasteiger partial charge is 0.294 e. The Kier molecular flexibility index (Phi) is 5.87. The van der Waals surface area contributed by atoms with Crippen LogP contribution in [-0.4, -0.2) is 17.9 Å². The summed E-state index contributed by atoms with van der Waals surface area (Å²) in [5, 5.41) is 0. The number of anilines is 2. The highest BCUT2D eigenvalue weighted by Gasteiger charge is 2.39. The van der Waals surface area contributed by atoms with E-state index >= 15 is 0 Å². The first-order valence-electron chi connectivity index (χ1n) is 11.2. The average molecular weight is 453 g/mol. The van der Waals surface area contributed by atoms with E-state index in [1.165, 1.54) is 12.3 Å². The number of rotatable bonds is 5. The van der Waals surface area contributed by atoms with Gasteiger partial charge in [-0.05, 0) is 67.4 Å². The van der Waals surface area contributed by atoms with E-state index in [1.807, 2.05) is 61.5 Å². The molecule has 3 heterocycles. The topological polar surface area (TPSA) is 66.9 Å². The fourth-order valence-electron chi connectivity index (χ4n) is 4.52. The first kappa shape index (κ1) is 21.5. The van der Waals surface area contributed by atoms with Crippen molar-refractivity contribution >= 4 is 29.3 Å². The quantitative estimate of drug-likeness (QED) is 0.343.